The zero-order chi connectivity index (χ0) is 14.8. The van der Waals surface area contributed by atoms with Crippen molar-refractivity contribution in [1.82, 2.24) is 0 Å². The van der Waals surface area contributed by atoms with Crippen LogP contribution in [0.3, 0.4) is 0 Å². The van der Waals surface area contributed by atoms with E-state index >= 15 is 0 Å². The summed E-state index contributed by atoms with van der Waals surface area (Å²) in [5.41, 5.74) is 7.62. The highest BCUT2D eigenvalue weighted by molar-refractivity contribution is 9.11. The van der Waals surface area contributed by atoms with Gasteiger partial charge in [0.2, 0.25) is 0 Å². The minimum atomic E-state index is 0.461. The molecule has 0 bridgehead atoms. The molecule has 21 heavy (non-hydrogen) atoms. The van der Waals surface area contributed by atoms with E-state index in [0.717, 1.165) is 25.6 Å². The molecule has 0 saturated carbocycles. The average molecular weight is 407 g/mol. The molecule has 4 heteroatoms. The molecule has 0 amide bonds. The Morgan fingerprint density at radius 1 is 0.857 bits per heavy atom. The van der Waals surface area contributed by atoms with E-state index in [2.05, 4.69) is 50.1 Å². The van der Waals surface area contributed by atoms with Crippen molar-refractivity contribution in [2.45, 2.75) is 6.61 Å². The van der Waals surface area contributed by atoms with Crippen molar-refractivity contribution in [3.05, 3.63) is 69.1 Å². The summed E-state index contributed by atoms with van der Waals surface area (Å²) in [6.07, 6.45) is 0. The first kappa shape index (κ1) is 14.4. The van der Waals surface area contributed by atoms with Gasteiger partial charge >= 0.3 is 0 Å². The number of nitrogen functional groups attached to an aromatic ring is 1. The van der Waals surface area contributed by atoms with Crippen LogP contribution in [0.4, 0.5) is 5.69 Å². The zero-order valence-electron chi connectivity index (χ0n) is 11.1. The Kier molecular flexibility index (Phi) is 4.17. The number of rotatable bonds is 3. The lowest BCUT2D eigenvalue weighted by Crippen LogP contribution is -1.99. The second kappa shape index (κ2) is 6.08. The molecule has 0 unspecified atom stereocenters. The Labute approximate surface area is 140 Å². The summed E-state index contributed by atoms with van der Waals surface area (Å²) in [7, 11) is 0. The standard InChI is InChI=1S/C17H13Br2NO/c18-16-12(5-3-7-14(16)20)10-21-15-9-8-11-4-1-2-6-13(11)17(15)19/h1-9H,10,20H2. The highest BCUT2D eigenvalue weighted by Gasteiger charge is 2.08. The Morgan fingerprint density at radius 3 is 2.52 bits per heavy atom. The van der Waals surface area contributed by atoms with Crippen molar-refractivity contribution in [2.24, 2.45) is 0 Å². The van der Waals surface area contributed by atoms with Crippen LogP contribution < -0.4 is 10.5 Å². The van der Waals surface area contributed by atoms with Gasteiger partial charge in [-0.3, -0.25) is 0 Å². The zero-order valence-corrected chi connectivity index (χ0v) is 14.3. The molecule has 0 radical (unpaired) electrons. The van der Waals surface area contributed by atoms with E-state index in [-0.39, 0.29) is 0 Å². The molecular weight excluding hydrogens is 394 g/mol. The summed E-state index contributed by atoms with van der Waals surface area (Å²) >= 11 is 7.12. The maximum Gasteiger partial charge on any atom is 0.134 e. The lowest BCUT2D eigenvalue weighted by molar-refractivity contribution is 0.304. The van der Waals surface area contributed by atoms with Gasteiger partial charge in [0.1, 0.15) is 12.4 Å². The first-order valence-electron chi connectivity index (χ1n) is 6.50. The second-order valence-electron chi connectivity index (χ2n) is 4.71. The summed E-state index contributed by atoms with van der Waals surface area (Å²) in [4.78, 5) is 0. The molecule has 3 aromatic carbocycles. The second-order valence-corrected chi connectivity index (χ2v) is 6.29. The number of benzene rings is 3. The third-order valence-electron chi connectivity index (χ3n) is 3.32. The molecule has 2 N–H and O–H groups in total. The molecule has 0 aliphatic rings. The van der Waals surface area contributed by atoms with E-state index < -0.39 is 0 Å². The smallest absolute Gasteiger partial charge is 0.134 e. The van der Waals surface area contributed by atoms with Crippen molar-refractivity contribution in [1.29, 1.82) is 0 Å². The fourth-order valence-corrected chi connectivity index (χ4v) is 3.18. The van der Waals surface area contributed by atoms with Gasteiger partial charge in [-0.1, -0.05) is 42.5 Å². The van der Waals surface area contributed by atoms with Crippen LogP contribution in [0.25, 0.3) is 10.8 Å². The molecule has 3 rings (SSSR count). The Bertz CT molecular complexity index is 802. The highest BCUT2D eigenvalue weighted by Crippen LogP contribution is 2.34. The first-order valence-corrected chi connectivity index (χ1v) is 8.08. The summed E-state index contributed by atoms with van der Waals surface area (Å²) in [6.45, 7) is 0.461. The van der Waals surface area contributed by atoms with Crippen LogP contribution in [0.2, 0.25) is 0 Å². The van der Waals surface area contributed by atoms with Crippen molar-refractivity contribution in [3.63, 3.8) is 0 Å². The molecular formula is C17H13Br2NO. The van der Waals surface area contributed by atoms with Gasteiger partial charge in [-0.2, -0.15) is 0 Å². The van der Waals surface area contributed by atoms with E-state index in [1.165, 1.54) is 5.39 Å². The minimum Gasteiger partial charge on any atom is -0.488 e. The van der Waals surface area contributed by atoms with Crippen LogP contribution in [-0.4, -0.2) is 0 Å². The predicted octanol–water partition coefficient (Wildman–Crippen LogP) is 5.53. The molecule has 106 valence electrons. The molecule has 0 heterocycles. The maximum absolute atomic E-state index is 5.93. The van der Waals surface area contributed by atoms with Gasteiger partial charge in [0.25, 0.3) is 0 Å². The van der Waals surface area contributed by atoms with Crippen LogP contribution in [0.1, 0.15) is 5.56 Å². The summed E-state index contributed by atoms with van der Waals surface area (Å²) in [6, 6.07) is 18.0. The van der Waals surface area contributed by atoms with Gasteiger partial charge < -0.3 is 10.5 Å². The van der Waals surface area contributed by atoms with E-state index in [4.69, 9.17) is 10.5 Å². The first-order chi connectivity index (χ1) is 10.2. The number of ether oxygens (including phenoxy) is 1. The maximum atomic E-state index is 5.93. The van der Waals surface area contributed by atoms with E-state index in [9.17, 15) is 0 Å². The van der Waals surface area contributed by atoms with Crippen molar-refractivity contribution in [3.8, 4) is 5.75 Å². The third kappa shape index (κ3) is 2.92. The fraction of sp³-hybridized carbons (Fsp3) is 0.0588. The topological polar surface area (TPSA) is 35.2 Å². The van der Waals surface area contributed by atoms with Crippen LogP contribution in [0.15, 0.2) is 63.5 Å². The normalized spacial score (nSPS) is 10.8. The van der Waals surface area contributed by atoms with Crippen LogP contribution in [0.5, 0.6) is 5.75 Å². The fourth-order valence-electron chi connectivity index (χ4n) is 2.19. The lowest BCUT2D eigenvalue weighted by atomic mass is 10.1. The van der Waals surface area contributed by atoms with Crippen molar-refractivity contribution >= 4 is 48.3 Å². The third-order valence-corrected chi connectivity index (χ3v) is 5.10. The molecule has 0 saturated heterocycles. The van der Waals surface area contributed by atoms with E-state index in [1.807, 2.05) is 36.4 Å². The Hall–Kier alpha value is -1.52. The average Bonchev–Trinajstić information content (AvgIpc) is 2.51. The highest BCUT2D eigenvalue weighted by atomic mass is 79.9. The van der Waals surface area contributed by atoms with Gasteiger partial charge in [0.05, 0.1) is 4.47 Å². The summed E-state index contributed by atoms with van der Waals surface area (Å²) in [5, 5.41) is 2.32. The number of nitrogens with two attached hydrogens (primary N) is 1. The van der Waals surface area contributed by atoms with Crippen molar-refractivity contribution in [2.75, 3.05) is 5.73 Å². The van der Waals surface area contributed by atoms with E-state index in [1.54, 1.807) is 0 Å². The van der Waals surface area contributed by atoms with Gasteiger partial charge in [-0.05, 0) is 54.8 Å². The number of halogens is 2. The largest absolute Gasteiger partial charge is 0.488 e. The van der Waals surface area contributed by atoms with Gasteiger partial charge in [0, 0.05) is 15.7 Å². The molecule has 3 aromatic rings. The van der Waals surface area contributed by atoms with Crippen LogP contribution in [0, 0.1) is 0 Å². The predicted molar refractivity (Wildman–Crippen MR) is 94.5 cm³/mol. The van der Waals surface area contributed by atoms with Gasteiger partial charge in [-0.15, -0.1) is 0 Å². The van der Waals surface area contributed by atoms with Crippen LogP contribution in [-0.2, 0) is 6.61 Å². The molecule has 0 fully saturated rings. The van der Waals surface area contributed by atoms with E-state index in [0.29, 0.717) is 12.3 Å². The van der Waals surface area contributed by atoms with Crippen molar-refractivity contribution < 1.29 is 4.74 Å². The monoisotopic (exact) mass is 405 g/mol. The quantitative estimate of drug-likeness (QED) is 0.580. The number of anilines is 1. The molecule has 0 aliphatic carbocycles. The number of hydrogen-bond donors (Lipinski definition) is 1. The number of hydrogen-bond acceptors (Lipinski definition) is 2. The van der Waals surface area contributed by atoms with Gasteiger partial charge in [-0.25, -0.2) is 0 Å². The van der Waals surface area contributed by atoms with Crippen LogP contribution >= 0.6 is 31.9 Å². The Balaban J connectivity index is 1.89. The lowest BCUT2D eigenvalue weighted by Gasteiger charge is -2.12. The Morgan fingerprint density at radius 2 is 1.67 bits per heavy atom. The van der Waals surface area contributed by atoms with Gasteiger partial charge in [0.15, 0.2) is 0 Å². The number of fused-ring (bicyclic) bond motifs is 1. The molecule has 2 nitrogen and oxygen atoms in total. The molecule has 0 atom stereocenters. The summed E-state index contributed by atoms with van der Waals surface area (Å²) < 4.78 is 7.80. The molecule has 0 spiro atoms. The molecule has 0 aromatic heterocycles. The minimum absolute atomic E-state index is 0.461. The SMILES string of the molecule is Nc1cccc(COc2ccc3ccccc3c2Br)c1Br. The summed E-state index contributed by atoms with van der Waals surface area (Å²) in [5.74, 6) is 0.822. The molecule has 0 aliphatic heterocycles.